The van der Waals surface area contributed by atoms with Gasteiger partial charge in [0.25, 0.3) is 0 Å². The highest BCUT2D eigenvalue weighted by Gasteiger charge is 2.34. The molecule has 90 valence electrons. The molecule has 1 aliphatic heterocycles. The van der Waals surface area contributed by atoms with E-state index in [2.05, 4.69) is 34.3 Å². The van der Waals surface area contributed by atoms with Crippen molar-refractivity contribution in [3.8, 4) is 0 Å². The summed E-state index contributed by atoms with van der Waals surface area (Å²) in [4.78, 5) is 2.46. The van der Waals surface area contributed by atoms with Crippen LogP contribution in [-0.4, -0.2) is 28.9 Å². The molecule has 3 heteroatoms. The molecule has 1 aliphatic carbocycles. The third-order valence-corrected chi connectivity index (χ3v) is 3.92. The largest absolute Gasteiger partial charge is 0.411 e. The van der Waals surface area contributed by atoms with E-state index in [1.807, 2.05) is 0 Å². The quantitative estimate of drug-likeness (QED) is 0.594. The van der Waals surface area contributed by atoms with Crippen molar-refractivity contribution in [2.24, 2.45) is 5.16 Å². The van der Waals surface area contributed by atoms with Gasteiger partial charge in [0.1, 0.15) is 0 Å². The molecule has 2 aliphatic rings. The minimum absolute atomic E-state index is 0.219. The minimum Gasteiger partial charge on any atom is -0.411 e. The highest BCUT2D eigenvalue weighted by molar-refractivity contribution is 5.96. The molecule has 0 aromatic heterocycles. The normalized spacial score (nSPS) is 27.3. The van der Waals surface area contributed by atoms with Crippen molar-refractivity contribution in [2.75, 3.05) is 13.1 Å². The van der Waals surface area contributed by atoms with Gasteiger partial charge in [-0.1, -0.05) is 35.8 Å². The van der Waals surface area contributed by atoms with Crippen LogP contribution in [-0.2, 0) is 6.42 Å². The van der Waals surface area contributed by atoms with Crippen LogP contribution in [0.5, 0.6) is 0 Å². The molecule has 1 atom stereocenters. The third-order valence-electron chi connectivity index (χ3n) is 3.92. The number of likely N-dealkylation sites (tertiary alicyclic amines) is 1. The summed E-state index contributed by atoms with van der Waals surface area (Å²) in [6.07, 6.45) is 4.65. The monoisotopic (exact) mass is 230 g/mol. The van der Waals surface area contributed by atoms with Crippen molar-refractivity contribution < 1.29 is 5.21 Å². The van der Waals surface area contributed by atoms with Crippen molar-refractivity contribution >= 4 is 5.71 Å². The van der Waals surface area contributed by atoms with Crippen LogP contribution in [0.15, 0.2) is 29.4 Å². The zero-order chi connectivity index (χ0) is 11.7. The van der Waals surface area contributed by atoms with Gasteiger partial charge in [-0.3, -0.25) is 4.90 Å². The van der Waals surface area contributed by atoms with E-state index in [9.17, 15) is 5.21 Å². The molecule has 1 N–H and O–H groups in total. The van der Waals surface area contributed by atoms with Crippen molar-refractivity contribution in [3.05, 3.63) is 35.4 Å². The lowest BCUT2D eigenvalue weighted by molar-refractivity contribution is 0.199. The van der Waals surface area contributed by atoms with Crippen LogP contribution in [0.25, 0.3) is 0 Å². The van der Waals surface area contributed by atoms with Crippen molar-refractivity contribution in [3.63, 3.8) is 0 Å². The van der Waals surface area contributed by atoms with Gasteiger partial charge in [-0.2, -0.15) is 0 Å². The van der Waals surface area contributed by atoms with Crippen molar-refractivity contribution in [1.82, 2.24) is 4.90 Å². The van der Waals surface area contributed by atoms with Crippen LogP contribution < -0.4 is 0 Å². The predicted octanol–water partition coefficient (Wildman–Crippen LogP) is 2.60. The van der Waals surface area contributed by atoms with Gasteiger partial charge in [-0.15, -0.1) is 0 Å². The fourth-order valence-corrected chi connectivity index (χ4v) is 3.11. The molecule has 1 heterocycles. The lowest BCUT2D eigenvalue weighted by Crippen LogP contribution is -2.36. The van der Waals surface area contributed by atoms with E-state index >= 15 is 0 Å². The lowest BCUT2D eigenvalue weighted by Gasteiger charge is -2.32. The summed E-state index contributed by atoms with van der Waals surface area (Å²) >= 11 is 0. The van der Waals surface area contributed by atoms with Gasteiger partial charge in [-0.25, -0.2) is 0 Å². The van der Waals surface area contributed by atoms with Crippen LogP contribution in [0.1, 0.15) is 36.4 Å². The SMILES string of the molecule is O/N=C1/Cc2ccccc2[C@@H]1N1CCCCC1. The van der Waals surface area contributed by atoms with Crippen molar-refractivity contribution in [2.45, 2.75) is 31.7 Å². The van der Waals surface area contributed by atoms with Gasteiger partial charge in [-0.05, 0) is 37.1 Å². The smallest absolute Gasteiger partial charge is 0.0831 e. The summed E-state index contributed by atoms with van der Waals surface area (Å²) in [5.41, 5.74) is 3.56. The van der Waals surface area contributed by atoms with Crippen LogP contribution in [0.2, 0.25) is 0 Å². The topological polar surface area (TPSA) is 35.8 Å². The second kappa shape index (κ2) is 4.49. The van der Waals surface area contributed by atoms with Gasteiger partial charge < -0.3 is 5.21 Å². The number of oxime groups is 1. The molecule has 0 amide bonds. The molecule has 0 bridgehead atoms. The number of benzene rings is 1. The molecule has 3 nitrogen and oxygen atoms in total. The maximum absolute atomic E-state index is 9.20. The van der Waals surface area contributed by atoms with Crippen LogP contribution in [0.3, 0.4) is 0 Å². The first-order valence-electron chi connectivity index (χ1n) is 6.43. The Bertz CT molecular complexity index is 436. The van der Waals surface area contributed by atoms with Crippen molar-refractivity contribution in [1.29, 1.82) is 0 Å². The number of piperidine rings is 1. The van der Waals surface area contributed by atoms with E-state index in [1.54, 1.807) is 0 Å². The minimum atomic E-state index is 0.219. The van der Waals surface area contributed by atoms with Gasteiger partial charge in [0, 0.05) is 6.42 Å². The summed E-state index contributed by atoms with van der Waals surface area (Å²) in [5.74, 6) is 0. The predicted molar refractivity (Wildman–Crippen MR) is 67.5 cm³/mol. The Labute approximate surface area is 102 Å². The average Bonchev–Trinajstić information content (AvgIpc) is 2.78. The summed E-state index contributed by atoms with van der Waals surface area (Å²) < 4.78 is 0. The molecule has 1 saturated heterocycles. The molecule has 17 heavy (non-hydrogen) atoms. The number of fused-ring (bicyclic) bond motifs is 1. The Balaban J connectivity index is 1.95. The fourth-order valence-electron chi connectivity index (χ4n) is 3.11. The first kappa shape index (κ1) is 10.8. The first-order valence-corrected chi connectivity index (χ1v) is 6.43. The zero-order valence-electron chi connectivity index (χ0n) is 9.97. The fraction of sp³-hybridized carbons (Fsp3) is 0.500. The van der Waals surface area contributed by atoms with Gasteiger partial charge >= 0.3 is 0 Å². The van der Waals surface area contributed by atoms with Gasteiger partial charge in [0.05, 0.1) is 11.8 Å². The molecular formula is C14H18N2O. The van der Waals surface area contributed by atoms with E-state index in [1.165, 1.54) is 30.4 Å². The van der Waals surface area contributed by atoms with E-state index in [-0.39, 0.29) is 6.04 Å². The third kappa shape index (κ3) is 1.84. The van der Waals surface area contributed by atoms with E-state index in [4.69, 9.17) is 0 Å². The van der Waals surface area contributed by atoms with E-state index in [0.717, 1.165) is 25.2 Å². The standard InChI is InChI=1S/C14H18N2O/c17-15-13-10-11-6-2-3-7-12(11)14(13)16-8-4-1-5-9-16/h2-3,6-7,14,17H,1,4-5,8-10H2/b15-13-/t14-/m0/s1. The maximum atomic E-state index is 9.20. The van der Waals surface area contributed by atoms with E-state index < -0.39 is 0 Å². The summed E-state index contributed by atoms with van der Waals surface area (Å²) in [7, 11) is 0. The highest BCUT2D eigenvalue weighted by Crippen LogP contribution is 2.35. The Hall–Kier alpha value is -1.35. The average molecular weight is 230 g/mol. The molecule has 0 radical (unpaired) electrons. The second-order valence-electron chi connectivity index (χ2n) is 4.97. The number of nitrogens with zero attached hydrogens (tertiary/aromatic N) is 2. The van der Waals surface area contributed by atoms with Crippen LogP contribution >= 0.6 is 0 Å². The number of hydrogen-bond acceptors (Lipinski definition) is 3. The number of hydrogen-bond donors (Lipinski definition) is 1. The lowest BCUT2D eigenvalue weighted by atomic mass is 10.0. The Morgan fingerprint density at radius 2 is 1.88 bits per heavy atom. The molecule has 3 rings (SSSR count). The zero-order valence-corrected chi connectivity index (χ0v) is 9.97. The maximum Gasteiger partial charge on any atom is 0.0831 e. The summed E-state index contributed by atoms with van der Waals surface area (Å²) in [5, 5.41) is 12.7. The molecule has 0 saturated carbocycles. The molecular weight excluding hydrogens is 212 g/mol. The Kier molecular flexibility index (Phi) is 2.85. The molecule has 0 unspecified atom stereocenters. The highest BCUT2D eigenvalue weighted by atomic mass is 16.4. The molecule has 1 aromatic carbocycles. The Morgan fingerprint density at radius 1 is 1.12 bits per heavy atom. The van der Waals surface area contributed by atoms with E-state index in [0.29, 0.717) is 0 Å². The molecule has 1 fully saturated rings. The second-order valence-corrected chi connectivity index (χ2v) is 4.97. The van der Waals surface area contributed by atoms with Crippen LogP contribution in [0.4, 0.5) is 0 Å². The summed E-state index contributed by atoms with van der Waals surface area (Å²) in [6, 6.07) is 8.68. The molecule has 1 aromatic rings. The molecule has 0 spiro atoms. The van der Waals surface area contributed by atoms with Gasteiger partial charge in [0.2, 0.25) is 0 Å². The number of rotatable bonds is 1. The Morgan fingerprint density at radius 3 is 2.65 bits per heavy atom. The first-order chi connectivity index (χ1) is 8.40. The van der Waals surface area contributed by atoms with Crippen LogP contribution in [0, 0.1) is 0 Å². The van der Waals surface area contributed by atoms with Gasteiger partial charge in [0.15, 0.2) is 0 Å². The summed E-state index contributed by atoms with van der Waals surface area (Å²) in [6.45, 7) is 2.25.